The number of nitrogens with zero attached hydrogens (tertiary/aromatic N) is 2. The molecule has 1 amide bonds. The van der Waals surface area contributed by atoms with Gasteiger partial charge in [0.25, 0.3) is 0 Å². The van der Waals surface area contributed by atoms with Gasteiger partial charge in [0.05, 0.1) is 21.6 Å². The molecule has 9 heteroatoms. The molecule has 0 saturated carbocycles. The van der Waals surface area contributed by atoms with Crippen LogP contribution in [0, 0.1) is 0 Å². The highest BCUT2D eigenvalue weighted by Gasteiger charge is 2.32. The first-order valence-electron chi connectivity index (χ1n) is 10.2. The molecule has 4 rings (SSSR count). The molecule has 1 heterocycles. The molecule has 32 heavy (non-hydrogen) atoms. The fourth-order valence-corrected chi connectivity index (χ4v) is 5.60. The number of halogens is 2. The molecule has 0 unspecified atom stereocenters. The van der Waals surface area contributed by atoms with E-state index in [1.807, 2.05) is 35.2 Å². The van der Waals surface area contributed by atoms with Crippen molar-refractivity contribution in [3.8, 4) is 0 Å². The largest absolute Gasteiger partial charge is 0.323 e. The molecular formula is C23H23Cl2N3O3S. The van der Waals surface area contributed by atoms with Crippen LogP contribution < -0.4 is 5.32 Å². The first kappa shape index (κ1) is 23.0. The standard InChI is InChI=1S/C23H23Cl2N3O3S/c1-16(23(29)26-22-15-19(24)7-9-21(22)25)27-10-12-28(13-11-27)32(30,31)20-8-6-17-4-2-3-5-18(17)14-20/h2-9,14-16H,10-13H2,1H3,(H,26,29)/t16-/m1/s1. The molecule has 3 aromatic rings. The van der Waals surface area contributed by atoms with Gasteiger partial charge in [0.15, 0.2) is 0 Å². The summed E-state index contributed by atoms with van der Waals surface area (Å²) >= 11 is 12.1. The van der Waals surface area contributed by atoms with Gasteiger partial charge in [-0.25, -0.2) is 8.42 Å². The molecule has 1 saturated heterocycles. The molecule has 1 atom stereocenters. The van der Waals surface area contributed by atoms with E-state index in [2.05, 4.69) is 5.32 Å². The van der Waals surface area contributed by atoms with Crippen molar-refractivity contribution in [3.63, 3.8) is 0 Å². The van der Waals surface area contributed by atoms with Crippen molar-refractivity contribution in [2.24, 2.45) is 0 Å². The van der Waals surface area contributed by atoms with Gasteiger partial charge in [-0.05, 0) is 48.0 Å². The van der Waals surface area contributed by atoms with Crippen molar-refractivity contribution < 1.29 is 13.2 Å². The molecule has 1 aliphatic rings. The van der Waals surface area contributed by atoms with E-state index in [4.69, 9.17) is 23.2 Å². The molecule has 168 valence electrons. The summed E-state index contributed by atoms with van der Waals surface area (Å²) in [6.45, 7) is 3.31. The predicted molar refractivity (Wildman–Crippen MR) is 129 cm³/mol. The van der Waals surface area contributed by atoms with Crippen molar-refractivity contribution in [1.29, 1.82) is 0 Å². The van der Waals surface area contributed by atoms with Crippen LogP contribution in [-0.2, 0) is 14.8 Å². The summed E-state index contributed by atoms with van der Waals surface area (Å²) in [5.41, 5.74) is 0.452. The molecule has 6 nitrogen and oxygen atoms in total. The van der Waals surface area contributed by atoms with Gasteiger partial charge in [0.2, 0.25) is 15.9 Å². The Morgan fingerprint density at radius 1 is 0.938 bits per heavy atom. The number of hydrogen-bond donors (Lipinski definition) is 1. The minimum Gasteiger partial charge on any atom is -0.323 e. The van der Waals surface area contributed by atoms with Crippen molar-refractivity contribution in [2.45, 2.75) is 17.9 Å². The van der Waals surface area contributed by atoms with Crippen LogP contribution >= 0.6 is 23.2 Å². The number of nitrogens with one attached hydrogen (secondary N) is 1. The summed E-state index contributed by atoms with van der Waals surface area (Å²) in [4.78, 5) is 15.0. The monoisotopic (exact) mass is 491 g/mol. The lowest BCUT2D eigenvalue weighted by atomic mass is 10.1. The number of carbonyl (C=O) groups excluding carboxylic acids is 1. The first-order valence-corrected chi connectivity index (χ1v) is 12.4. The van der Waals surface area contributed by atoms with Crippen molar-refractivity contribution in [2.75, 3.05) is 31.5 Å². The zero-order valence-corrected chi connectivity index (χ0v) is 19.8. The Morgan fingerprint density at radius 2 is 1.62 bits per heavy atom. The van der Waals surface area contributed by atoms with Gasteiger partial charge in [-0.3, -0.25) is 9.69 Å². The average molecular weight is 492 g/mol. The second-order valence-electron chi connectivity index (χ2n) is 7.74. The third-order valence-corrected chi connectivity index (χ3v) is 8.20. The molecule has 0 spiro atoms. The fraction of sp³-hybridized carbons (Fsp3) is 0.261. The minimum atomic E-state index is -3.61. The SMILES string of the molecule is C[C@H](C(=O)Nc1cc(Cl)ccc1Cl)N1CCN(S(=O)(=O)c2ccc3ccccc3c2)CC1. The number of hydrogen-bond acceptors (Lipinski definition) is 4. The number of benzene rings is 3. The second-order valence-corrected chi connectivity index (χ2v) is 10.5. The molecule has 0 aliphatic carbocycles. The van der Waals surface area contributed by atoms with Gasteiger partial charge in [-0.1, -0.05) is 53.5 Å². The Balaban J connectivity index is 1.41. The van der Waals surface area contributed by atoms with E-state index in [1.54, 1.807) is 37.3 Å². The van der Waals surface area contributed by atoms with E-state index >= 15 is 0 Å². The smallest absolute Gasteiger partial charge is 0.243 e. The van der Waals surface area contributed by atoms with Gasteiger partial charge in [-0.2, -0.15) is 4.31 Å². The maximum atomic E-state index is 13.2. The number of rotatable bonds is 5. The third-order valence-electron chi connectivity index (χ3n) is 5.75. The van der Waals surface area contributed by atoms with Crippen LogP contribution in [0.2, 0.25) is 10.0 Å². The number of carbonyl (C=O) groups is 1. The zero-order valence-electron chi connectivity index (χ0n) is 17.5. The number of amides is 1. The van der Waals surface area contributed by atoms with Crippen molar-refractivity contribution in [1.82, 2.24) is 9.21 Å². The molecule has 0 bridgehead atoms. The lowest BCUT2D eigenvalue weighted by Gasteiger charge is -2.36. The molecule has 0 radical (unpaired) electrons. The minimum absolute atomic E-state index is 0.222. The van der Waals surface area contributed by atoms with Crippen LogP contribution in [-0.4, -0.2) is 55.8 Å². The molecule has 0 aromatic heterocycles. The Kier molecular flexibility index (Phi) is 6.74. The molecular weight excluding hydrogens is 469 g/mol. The van der Waals surface area contributed by atoms with E-state index in [9.17, 15) is 13.2 Å². The summed E-state index contributed by atoms with van der Waals surface area (Å²) in [5, 5.41) is 5.57. The lowest BCUT2D eigenvalue weighted by Crippen LogP contribution is -2.53. The maximum Gasteiger partial charge on any atom is 0.243 e. The fourth-order valence-electron chi connectivity index (χ4n) is 3.80. The Labute approximate surface area is 197 Å². The maximum absolute atomic E-state index is 13.2. The number of fused-ring (bicyclic) bond motifs is 1. The summed E-state index contributed by atoms with van der Waals surface area (Å²) in [5.74, 6) is -0.222. The lowest BCUT2D eigenvalue weighted by molar-refractivity contribution is -0.121. The molecule has 1 fully saturated rings. The number of sulfonamides is 1. The van der Waals surface area contributed by atoms with Gasteiger partial charge in [0.1, 0.15) is 0 Å². The number of anilines is 1. The Bertz CT molecular complexity index is 1260. The summed E-state index contributed by atoms with van der Waals surface area (Å²) in [6.07, 6.45) is 0. The van der Waals surface area contributed by atoms with E-state index < -0.39 is 16.1 Å². The highest BCUT2D eigenvalue weighted by Crippen LogP contribution is 2.26. The third kappa shape index (κ3) is 4.77. The quantitative estimate of drug-likeness (QED) is 0.571. The van der Waals surface area contributed by atoms with Crippen LogP contribution in [0.25, 0.3) is 10.8 Å². The normalized spacial score (nSPS) is 16.7. The topological polar surface area (TPSA) is 69.7 Å². The van der Waals surface area contributed by atoms with Gasteiger partial charge < -0.3 is 5.32 Å². The summed E-state index contributed by atoms with van der Waals surface area (Å²) < 4.78 is 27.8. The number of piperazine rings is 1. The zero-order chi connectivity index (χ0) is 22.9. The van der Waals surface area contributed by atoms with Crippen LogP contribution in [0.15, 0.2) is 65.6 Å². The van der Waals surface area contributed by atoms with E-state index in [0.717, 1.165) is 10.8 Å². The van der Waals surface area contributed by atoms with Crippen molar-refractivity contribution >= 4 is 55.6 Å². The molecule has 1 N–H and O–H groups in total. The van der Waals surface area contributed by atoms with E-state index in [1.165, 1.54) is 4.31 Å². The van der Waals surface area contributed by atoms with Crippen LogP contribution in [0.4, 0.5) is 5.69 Å². The van der Waals surface area contributed by atoms with Gasteiger partial charge >= 0.3 is 0 Å². The summed E-state index contributed by atoms with van der Waals surface area (Å²) in [6, 6.07) is 17.3. The molecule has 3 aromatic carbocycles. The Hall–Kier alpha value is -2.16. The van der Waals surface area contributed by atoms with E-state index in [-0.39, 0.29) is 10.8 Å². The van der Waals surface area contributed by atoms with Crippen LogP contribution in [0.1, 0.15) is 6.92 Å². The highest BCUT2D eigenvalue weighted by molar-refractivity contribution is 7.89. The van der Waals surface area contributed by atoms with Crippen LogP contribution in [0.3, 0.4) is 0 Å². The van der Waals surface area contributed by atoms with Crippen LogP contribution in [0.5, 0.6) is 0 Å². The first-order chi connectivity index (χ1) is 15.3. The van der Waals surface area contributed by atoms with E-state index in [0.29, 0.717) is 41.9 Å². The molecule has 1 aliphatic heterocycles. The summed E-state index contributed by atoms with van der Waals surface area (Å²) in [7, 11) is -3.61. The predicted octanol–water partition coefficient (Wildman–Crippen LogP) is 4.48. The van der Waals surface area contributed by atoms with Crippen molar-refractivity contribution in [3.05, 3.63) is 70.7 Å². The second kappa shape index (κ2) is 9.37. The Morgan fingerprint density at radius 3 is 2.34 bits per heavy atom. The average Bonchev–Trinajstić information content (AvgIpc) is 2.80. The highest BCUT2D eigenvalue weighted by atomic mass is 35.5. The van der Waals surface area contributed by atoms with Gasteiger partial charge in [0, 0.05) is 31.2 Å². The van der Waals surface area contributed by atoms with Gasteiger partial charge in [-0.15, -0.1) is 0 Å².